The number of hydrogen-bond acceptors (Lipinski definition) is 2. The number of benzene rings is 1. The molecule has 0 aliphatic heterocycles. The molecule has 0 aromatic heterocycles. The van der Waals surface area contributed by atoms with Crippen LogP contribution in [0.25, 0.3) is 0 Å². The van der Waals surface area contributed by atoms with Gasteiger partial charge in [0.15, 0.2) is 0 Å². The van der Waals surface area contributed by atoms with Crippen LogP contribution in [-0.4, -0.2) is 6.09 Å². The molecule has 0 radical (unpaired) electrons. The Kier molecular flexibility index (Phi) is 3.97. The van der Waals surface area contributed by atoms with Crippen molar-refractivity contribution >= 4 is 6.09 Å². The number of carbonyl (C=O) groups is 1. The number of carbonyl (C=O) groups excluding carboxylic acids is 1. The fraction of sp³-hybridized carbons (Fsp3) is 0.300. The first-order chi connectivity index (χ1) is 8.50. The van der Waals surface area contributed by atoms with Crippen molar-refractivity contribution in [3.63, 3.8) is 0 Å². The number of hydrogen-bond donors (Lipinski definition) is 1. The smallest absolute Gasteiger partial charge is 0.416 e. The minimum atomic E-state index is -4.94. The van der Waals surface area contributed by atoms with E-state index in [0.29, 0.717) is 12.1 Å². The lowest BCUT2D eigenvalue weighted by atomic mass is 10.1. The lowest BCUT2D eigenvalue weighted by Crippen LogP contribution is -2.15. The largest absolute Gasteiger partial charge is 0.445 e. The maximum atomic E-state index is 12.4. The highest BCUT2D eigenvalue weighted by atomic mass is 19.4. The zero-order valence-corrected chi connectivity index (χ0v) is 9.10. The molecular weight excluding hydrogens is 280 g/mol. The van der Waals surface area contributed by atoms with Crippen molar-refractivity contribution in [3.8, 4) is 0 Å². The Hall–Kier alpha value is -1.93. The summed E-state index contributed by atoms with van der Waals surface area (Å²) in [6.45, 7) is -0.775. The third-order valence-electron chi connectivity index (χ3n) is 2.03. The maximum absolute atomic E-state index is 12.4. The van der Waals surface area contributed by atoms with Crippen LogP contribution in [0.2, 0.25) is 0 Å². The van der Waals surface area contributed by atoms with Crippen LogP contribution in [0.15, 0.2) is 18.2 Å². The van der Waals surface area contributed by atoms with Crippen LogP contribution in [-0.2, 0) is 23.7 Å². The van der Waals surface area contributed by atoms with Gasteiger partial charge in [0.2, 0.25) is 0 Å². The van der Waals surface area contributed by atoms with Gasteiger partial charge in [-0.15, -0.1) is 0 Å². The minimum absolute atomic E-state index is 0.0201. The summed E-state index contributed by atoms with van der Waals surface area (Å²) < 4.78 is 78.8. The molecule has 1 aromatic rings. The molecule has 0 bridgehead atoms. The molecule has 1 rings (SSSR count). The van der Waals surface area contributed by atoms with Crippen LogP contribution < -0.4 is 5.73 Å². The summed E-state index contributed by atoms with van der Waals surface area (Å²) in [4.78, 5) is 10.3. The minimum Gasteiger partial charge on any atom is -0.445 e. The summed E-state index contributed by atoms with van der Waals surface area (Å²) >= 11 is 0. The first-order valence-corrected chi connectivity index (χ1v) is 4.71. The molecule has 0 atom stereocenters. The Labute approximate surface area is 102 Å². The van der Waals surface area contributed by atoms with Crippen molar-refractivity contribution in [2.45, 2.75) is 19.0 Å². The summed E-state index contributed by atoms with van der Waals surface area (Å²) in [5.74, 6) is 0. The van der Waals surface area contributed by atoms with E-state index in [1.165, 1.54) is 0 Å². The molecule has 19 heavy (non-hydrogen) atoms. The molecule has 0 spiro atoms. The van der Waals surface area contributed by atoms with E-state index in [-0.39, 0.29) is 6.07 Å². The third kappa shape index (κ3) is 4.34. The van der Waals surface area contributed by atoms with Crippen LogP contribution in [0, 0.1) is 0 Å². The number of ether oxygens (including phenoxy) is 1. The van der Waals surface area contributed by atoms with Crippen molar-refractivity contribution in [1.29, 1.82) is 0 Å². The maximum Gasteiger partial charge on any atom is 0.416 e. The fourth-order valence-corrected chi connectivity index (χ4v) is 1.26. The second-order valence-corrected chi connectivity index (χ2v) is 3.52. The molecule has 1 amide bonds. The highest BCUT2D eigenvalue weighted by molar-refractivity contribution is 5.64. The molecule has 0 heterocycles. The summed E-state index contributed by atoms with van der Waals surface area (Å²) in [5, 5.41) is 0. The highest BCUT2D eigenvalue weighted by Crippen LogP contribution is 2.36. The number of rotatable bonds is 2. The quantitative estimate of drug-likeness (QED) is 0.848. The lowest BCUT2D eigenvalue weighted by molar-refractivity contribution is -0.143. The average Bonchev–Trinajstić information content (AvgIpc) is 2.23. The number of alkyl halides is 6. The molecule has 0 aliphatic carbocycles. The summed E-state index contributed by atoms with van der Waals surface area (Å²) in [6, 6.07) is 0.893. The van der Waals surface area contributed by atoms with Crippen LogP contribution in [0.1, 0.15) is 16.7 Å². The van der Waals surface area contributed by atoms with Crippen molar-refractivity contribution < 1.29 is 35.9 Å². The first kappa shape index (κ1) is 15.1. The van der Waals surface area contributed by atoms with Crippen molar-refractivity contribution in [3.05, 3.63) is 34.9 Å². The normalized spacial score (nSPS) is 12.3. The average molecular weight is 287 g/mol. The Morgan fingerprint density at radius 1 is 1.00 bits per heavy atom. The molecule has 9 heteroatoms. The predicted octanol–water partition coefficient (Wildman–Crippen LogP) is 3.32. The topological polar surface area (TPSA) is 52.3 Å². The standard InChI is InChI=1S/C10H7F6NO2/c11-9(12,13)6-1-5(4-19-8(17)18)2-7(3-6)10(14,15)16/h1-3H,4H2,(H2,17,18). The molecule has 0 aliphatic rings. The number of primary amides is 1. The molecule has 3 nitrogen and oxygen atoms in total. The van der Waals surface area contributed by atoms with E-state index in [1.807, 2.05) is 0 Å². The van der Waals surface area contributed by atoms with Gasteiger partial charge in [-0.25, -0.2) is 4.79 Å². The van der Waals surface area contributed by atoms with Gasteiger partial charge in [0.05, 0.1) is 11.1 Å². The Morgan fingerprint density at radius 2 is 1.42 bits per heavy atom. The Balaban J connectivity index is 3.21. The van der Waals surface area contributed by atoms with Gasteiger partial charge in [0, 0.05) is 0 Å². The van der Waals surface area contributed by atoms with Crippen LogP contribution in [0.4, 0.5) is 31.1 Å². The molecule has 2 N–H and O–H groups in total. The van der Waals surface area contributed by atoms with Crippen molar-refractivity contribution in [1.82, 2.24) is 0 Å². The molecular formula is C10H7F6NO2. The van der Waals surface area contributed by atoms with Gasteiger partial charge in [-0.1, -0.05) is 0 Å². The molecule has 0 fully saturated rings. The number of halogens is 6. The van der Waals surface area contributed by atoms with E-state index in [2.05, 4.69) is 10.5 Å². The van der Waals surface area contributed by atoms with E-state index in [0.717, 1.165) is 0 Å². The predicted molar refractivity (Wildman–Crippen MR) is 50.8 cm³/mol. The second kappa shape index (κ2) is 4.98. The molecule has 0 saturated heterocycles. The van der Waals surface area contributed by atoms with Gasteiger partial charge >= 0.3 is 18.4 Å². The monoisotopic (exact) mass is 287 g/mol. The van der Waals surface area contributed by atoms with E-state index in [9.17, 15) is 31.1 Å². The Morgan fingerprint density at radius 3 is 1.74 bits per heavy atom. The highest BCUT2D eigenvalue weighted by Gasteiger charge is 2.36. The SMILES string of the molecule is NC(=O)OCc1cc(C(F)(F)F)cc(C(F)(F)F)c1. The van der Waals surface area contributed by atoms with Crippen molar-refractivity contribution in [2.24, 2.45) is 5.73 Å². The van der Waals surface area contributed by atoms with Gasteiger partial charge < -0.3 is 10.5 Å². The second-order valence-electron chi connectivity index (χ2n) is 3.52. The molecule has 0 unspecified atom stereocenters. The van der Waals surface area contributed by atoms with Gasteiger partial charge in [-0.2, -0.15) is 26.3 Å². The number of amides is 1. The molecule has 0 saturated carbocycles. The van der Waals surface area contributed by atoms with Gasteiger partial charge in [0.25, 0.3) is 0 Å². The zero-order chi connectivity index (χ0) is 14.8. The van der Waals surface area contributed by atoms with Crippen molar-refractivity contribution in [2.75, 3.05) is 0 Å². The van der Waals surface area contributed by atoms with Gasteiger partial charge in [-0.05, 0) is 23.8 Å². The van der Waals surface area contributed by atoms with Gasteiger partial charge in [0.1, 0.15) is 6.61 Å². The third-order valence-corrected chi connectivity index (χ3v) is 2.03. The summed E-state index contributed by atoms with van der Waals surface area (Å²) in [7, 11) is 0. The molecule has 106 valence electrons. The zero-order valence-electron chi connectivity index (χ0n) is 9.10. The molecule has 1 aromatic carbocycles. The van der Waals surface area contributed by atoms with Crippen LogP contribution >= 0.6 is 0 Å². The fourth-order valence-electron chi connectivity index (χ4n) is 1.26. The summed E-state index contributed by atoms with van der Waals surface area (Å²) in [5.41, 5.74) is 1.16. The lowest BCUT2D eigenvalue weighted by Gasteiger charge is -2.14. The summed E-state index contributed by atoms with van der Waals surface area (Å²) in [6.07, 6.45) is -11.2. The van der Waals surface area contributed by atoms with E-state index in [4.69, 9.17) is 0 Å². The Bertz CT molecular complexity index is 448. The van der Waals surface area contributed by atoms with E-state index >= 15 is 0 Å². The first-order valence-electron chi connectivity index (χ1n) is 4.71. The number of nitrogens with two attached hydrogens (primary N) is 1. The van der Waals surface area contributed by atoms with E-state index < -0.39 is 41.7 Å². The van der Waals surface area contributed by atoms with Crippen LogP contribution in [0.5, 0.6) is 0 Å². The van der Waals surface area contributed by atoms with E-state index in [1.54, 1.807) is 0 Å². The van der Waals surface area contributed by atoms with Gasteiger partial charge in [-0.3, -0.25) is 0 Å². The van der Waals surface area contributed by atoms with Crippen LogP contribution in [0.3, 0.4) is 0 Å².